The molecule has 1 unspecified atom stereocenters. The molecule has 3 aromatic carbocycles. The summed E-state index contributed by atoms with van der Waals surface area (Å²) in [4.78, 5) is 25.5. The zero-order valence-electron chi connectivity index (χ0n) is 24.5. The fourth-order valence-electron chi connectivity index (χ4n) is 4.44. The Kier molecular flexibility index (Phi) is 10.1. The first-order chi connectivity index (χ1) is 20.8. The second-order valence-electron chi connectivity index (χ2n) is 11.0. The Balaban J connectivity index is 1.61. The number of hydrogen-bond acceptors (Lipinski definition) is 6. The molecule has 0 spiro atoms. The molecule has 1 heterocycles. The van der Waals surface area contributed by atoms with Gasteiger partial charge in [-0.15, -0.1) is 0 Å². The molecule has 0 bridgehead atoms. The summed E-state index contributed by atoms with van der Waals surface area (Å²) in [5, 5.41) is 21.6. The number of alkyl halides is 3. The number of amides is 2. The van der Waals surface area contributed by atoms with Crippen molar-refractivity contribution in [2.24, 2.45) is 0 Å². The standard InChI is InChI=1S/C32H34F3N5O4/c1-31(2,3)44-30(43)37-20-21-9-7-14-25(17-21)40-26(19-27(39-40)32(33,34)35)29(42)38-24-13-8-12-23(18-24)28(36-15-16-41)22-10-5-4-6-11-22/h4-14,17-19,28,36,41H,15-16,20H2,1-3H3,(H,37,43)(H,38,42). The molecular weight excluding hydrogens is 575 g/mol. The zero-order chi connectivity index (χ0) is 31.9. The normalized spacial score (nSPS) is 12.4. The van der Waals surface area contributed by atoms with Crippen LogP contribution in [0.5, 0.6) is 0 Å². The summed E-state index contributed by atoms with van der Waals surface area (Å²) >= 11 is 0. The molecule has 0 radical (unpaired) electrons. The van der Waals surface area contributed by atoms with Crippen LogP contribution in [0.4, 0.5) is 23.7 Å². The maximum atomic E-state index is 13.7. The number of aliphatic hydroxyl groups excluding tert-OH is 1. The van der Waals surface area contributed by atoms with Crippen LogP contribution in [-0.2, 0) is 17.5 Å². The molecule has 0 aliphatic rings. The number of halogens is 3. The highest BCUT2D eigenvalue weighted by atomic mass is 19.4. The van der Waals surface area contributed by atoms with Crippen LogP contribution in [-0.4, -0.2) is 45.6 Å². The maximum Gasteiger partial charge on any atom is 0.435 e. The predicted molar refractivity (Wildman–Crippen MR) is 159 cm³/mol. The van der Waals surface area contributed by atoms with E-state index >= 15 is 0 Å². The third kappa shape index (κ3) is 8.68. The zero-order valence-corrected chi connectivity index (χ0v) is 24.5. The molecule has 232 valence electrons. The molecule has 4 N–H and O–H groups in total. The van der Waals surface area contributed by atoms with Gasteiger partial charge in [0.1, 0.15) is 11.3 Å². The molecular formula is C32H34F3N5O4. The predicted octanol–water partition coefficient (Wildman–Crippen LogP) is 5.84. The Labute approximate surface area is 253 Å². The first-order valence-electron chi connectivity index (χ1n) is 13.9. The number of nitrogens with one attached hydrogen (secondary N) is 3. The molecule has 0 aliphatic carbocycles. The molecule has 2 amide bonds. The summed E-state index contributed by atoms with van der Waals surface area (Å²) < 4.78 is 47.3. The Bertz CT molecular complexity index is 1580. The Morgan fingerprint density at radius 3 is 2.32 bits per heavy atom. The number of aliphatic hydroxyl groups is 1. The van der Waals surface area contributed by atoms with Crippen LogP contribution in [0.15, 0.2) is 84.9 Å². The third-order valence-corrected chi connectivity index (χ3v) is 6.29. The fraction of sp³-hybridized carbons (Fsp3) is 0.281. The number of alkyl carbamates (subject to hydrolysis) is 1. The van der Waals surface area contributed by atoms with Crippen molar-refractivity contribution >= 4 is 17.7 Å². The van der Waals surface area contributed by atoms with Crippen LogP contribution < -0.4 is 16.0 Å². The third-order valence-electron chi connectivity index (χ3n) is 6.29. The Hall–Kier alpha value is -4.68. The minimum atomic E-state index is -4.79. The number of carbonyl (C=O) groups is 2. The summed E-state index contributed by atoms with van der Waals surface area (Å²) in [7, 11) is 0. The number of benzene rings is 3. The lowest BCUT2D eigenvalue weighted by atomic mass is 9.98. The second-order valence-corrected chi connectivity index (χ2v) is 11.0. The van der Waals surface area contributed by atoms with Crippen LogP contribution >= 0.6 is 0 Å². The van der Waals surface area contributed by atoms with E-state index in [9.17, 15) is 27.9 Å². The van der Waals surface area contributed by atoms with Crippen LogP contribution in [0, 0.1) is 0 Å². The van der Waals surface area contributed by atoms with Gasteiger partial charge in [0.2, 0.25) is 0 Å². The van der Waals surface area contributed by atoms with E-state index in [-0.39, 0.29) is 30.6 Å². The quantitative estimate of drug-likeness (QED) is 0.180. The number of rotatable bonds is 10. The highest BCUT2D eigenvalue weighted by Gasteiger charge is 2.36. The lowest BCUT2D eigenvalue weighted by molar-refractivity contribution is -0.141. The molecule has 0 fully saturated rings. The van der Waals surface area contributed by atoms with Crippen molar-refractivity contribution in [1.82, 2.24) is 20.4 Å². The molecule has 0 saturated carbocycles. The molecule has 0 saturated heterocycles. The monoisotopic (exact) mass is 609 g/mol. The van der Waals surface area contributed by atoms with E-state index in [1.807, 2.05) is 36.4 Å². The summed E-state index contributed by atoms with van der Waals surface area (Å²) in [5.41, 5.74) is 0.546. The first kappa shape index (κ1) is 32.2. The summed E-state index contributed by atoms with van der Waals surface area (Å²) in [6.45, 7) is 5.45. The van der Waals surface area contributed by atoms with E-state index in [2.05, 4.69) is 21.0 Å². The second kappa shape index (κ2) is 13.7. The average Bonchev–Trinajstić information content (AvgIpc) is 3.43. The van der Waals surface area contributed by atoms with E-state index in [0.717, 1.165) is 15.8 Å². The van der Waals surface area contributed by atoms with Crippen molar-refractivity contribution in [3.05, 3.63) is 113 Å². The minimum Gasteiger partial charge on any atom is -0.444 e. The lowest BCUT2D eigenvalue weighted by Gasteiger charge is -2.20. The number of carbonyl (C=O) groups excluding carboxylic acids is 2. The van der Waals surface area contributed by atoms with Gasteiger partial charge in [0, 0.05) is 24.8 Å². The number of ether oxygens (including phenoxy) is 1. The Morgan fingerprint density at radius 2 is 1.64 bits per heavy atom. The van der Waals surface area contributed by atoms with E-state index in [0.29, 0.717) is 23.9 Å². The molecule has 1 atom stereocenters. The van der Waals surface area contributed by atoms with E-state index in [1.165, 1.54) is 12.1 Å². The number of anilines is 1. The van der Waals surface area contributed by atoms with Gasteiger partial charge in [-0.3, -0.25) is 4.79 Å². The maximum absolute atomic E-state index is 13.7. The van der Waals surface area contributed by atoms with Gasteiger partial charge in [-0.05, 0) is 61.7 Å². The van der Waals surface area contributed by atoms with E-state index < -0.39 is 29.5 Å². The van der Waals surface area contributed by atoms with Gasteiger partial charge < -0.3 is 25.8 Å². The highest BCUT2D eigenvalue weighted by Crippen LogP contribution is 2.30. The van der Waals surface area contributed by atoms with Gasteiger partial charge >= 0.3 is 12.3 Å². The summed E-state index contributed by atoms with van der Waals surface area (Å²) in [6.07, 6.45) is -5.44. The molecule has 0 aliphatic heterocycles. The van der Waals surface area contributed by atoms with Gasteiger partial charge in [-0.2, -0.15) is 18.3 Å². The van der Waals surface area contributed by atoms with Crippen molar-refractivity contribution in [2.45, 2.75) is 45.1 Å². The van der Waals surface area contributed by atoms with Crippen molar-refractivity contribution in [3.8, 4) is 5.69 Å². The minimum absolute atomic E-state index is 0.0391. The fourth-order valence-corrected chi connectivity index (χ4v) is 4.44. The molecule has 44 heavy (non-hydrogen) atoms. The van der Waals surface area contributed by atoms with Gasteiger partial charge in [-0.25, -0.2) is 9.48 Å². The summed E-state index contributed by atoms with van der Waals surface area (Å²) in [5.74, 6) is -0.804. The van der Waals surface area contributed by atoms with Gasteiger partial charge in [0.15, 0.2) is 5.69 Å². The van der Waals surface area contributed by atoms with Crippen LogP contribution in [0.1, 0.15) is 59.7 Å². The van der Waals surface area contributed by atoms with Crippen LogP contribution in [0.2, 0.25) is 0 Å². The van der Waals surface area contributed by atoms with Crippen molar-refractivity contribution < 1.29 is 32.6 Å². The number of hydrogen-bond donors (Lipinski definition) is 4. The van der Waals surface area contributed by atoms with E-state index in [1.54, 1.807) is 51.1 Å². The van der Waals surface area contributed by atoms with Crippen molar-refractivity contribution in [2.75, 3.05) is 18.5 Å². The van der Waals surface area contributed by atoms with Gasteiger partial charge in [0.05, 0.1) is 18.3 Å². The summed E-state index contributed by atoms with van der Waals surface area (Å²) in [6, 6.07) is 23.1. The molecule has 12 heteroatoms. The topological polar surface area (TPSA) is 118 Å². The van der Waals surface area contributed by atoms with E-state index in [4.69, 9.17) is 4.74 Å². The first-order valence-corrected chi connectivity index (χ1v) is 13.9. The molecule has 4 aromatic rings. The van der Waals surface area contributed by atoms with Crippen molar-refractivity contribution in [3.63, 3.8) is 0 Å². The lowest BCUT2D eigenvalue weighted by Crippen LogP contribution is -2.32. The highest BCUT2D eigenvalue weighted by molar-refractivity contribution is 6.03. The van der Waals surface area contributed by atoms with Crippen molar-refractivity contribution in [1.29, 1.82) is 0 Å². The largest absolute Gasteiger partial charge is 0.444 e. The van der Waals surface area contributed by atoms with Gasteiger partial charge in [0.25, 0.3) is 5.91 Å². The molecule has 9 nitrogen and oxygen atoms in total. The van der Waals surface area contributed by atoms with Crippen LogP contribution in [0.25, 0.3) is 5.69 Å². The Morgan fingerprint density at radius 1 is 0.932 bits per heavy atom. The molecule has 1 aromatic heterocycles. The smallest absolute Gasteiger partial charge is 0.435 e. The van der Waals surface area contributed by atoms with Crippen LogP contribution in [0.3, 0.4) is 0 Å². The molecule has 4 rings (SSSR count). The SMILES string of the molecule is CC(C)(C)OC(=O)NCc1cccc(-n2nc(C(F)(F)F)cc2C(=O)Nc2cccc(C(NCCO)c3ccccc3)c2)c1. The average molecular weight is 610 g/mol. The van der Waals surface area contributed by atoms with Gasteiger partial charge in [-0.1, -0.05) is 54.6 Å². The number of nitrogens with zero attached hydrogens (tertiary/aromatic N) is 2. The number of aromatic nitrogens is 2.